The fourth-order valence-electron chi connectivity index (χ4n) is 4.12. The zero-order valence-electron chi connectivity index (χ0n) is 22.4. The Morgan fingerprint density at radius 1 is 0.824 bits per heavy atom. The molecular weight excluding hydrogens is 448 g/mol. The van der Waals surface area contributed by atoms with Crippen molar-refractivity contribution in [2.75, 3.05) is 19.8 Å². The molecule has 6 nitrogen and oxygen atoms in total. The molecule has 0 saturated heterocycles. The number of aliphatic carboxylic acids is 1. The zero-order valence-corrected chi connectivity index (χ0v) is 23.2. The maximum atomic E-state index is 12.5. The van der Waals surface area contributed by atoms with E-state index < -0.39 is 22.5 Å². The predicted molar refractivity (Wildman–Crippen MR) is 144 cm³/mol. The summed E-state index contributed by atoms with van der Waals surface area (Å²) in [5.74, 6) is -2.64. The van der Waals surface area contributed by atoms with Crippen LogP contribution in [-0.4, -0.2) is 47.5 Å². The lowest BCUT2D eigenvalue weighted by Gasteiger charge is -2.27. The van der Waals surface area contributed by atoms with Crippen LogP contribution in [0.1, 0.15) is 123 Å². The number of hydrogen-bond donors (Lipinski definition) is 3. The Morgan fingerprint density at radius 2 is 1.26 bits per heavy atom. The van der Waals surface area contributed by atoms with Gasteiger partial charge in [-0.05, 0) is 19.6 Å². The number of hydrogen-bond acceptors (Lipinski definition) is 4. The molecule has 0 aromatic rings. The van der Waals surface area contributed by atoms with Crippen molar-refractivity contribution in [3.8, 4) is 0 Å². The van der Waals surface area contributed by atoms with Crippen LogP contribution < -0.4 is 10.6 Å². The maximum Gasteiger partial charge on any atom is 0.316 e. The van der Waals surface area contributed by atoms with E-state index in [1.165, 1.54) is 88.8 Å². The van der Waals surface area contributed by atoms with E-state index in [1.54, 1.807) is 7.05 Å². The Labute approximate surface area is 213 Å². The molecule has 7 heteroatoms. The normalized spacial score (nSPS) is 13.8. The summed E-state index contributed by atoms with van der Waals surface area (Å²) in [4.78, 5) is 35.8. The number of thioether (sulfide) groups is 1. The molecule has 0 aliphatic carbocycles. The lowest BCUT2D eigenvalue weighted by Crippen LogP contribution is -2.44. The quantitative estimate of drug-likeness (QED) is 0.113. The van der Waals surface area contributed by atoms with Crippen molar-refractivity contribution in [2.24, 2.45) is 5.92 Å². The number of nitrogens with one attached hydrogen (secondary N) is 2. The highest BCUT2D eigenvalue weighted by atomic mass is 32.2. The van der Waals surface area contributed by atoms with Crippen LogP contribution in [0.3, 0.4) is 0 Å². The predicted octanol–water partition coefficient (Wildman–Crippen LogP) is 6.32. The van der Waals surface area contributed by atoms with Crippen molar-refractivity contribution in [3.05, 3.63) is 0 Å². The summed E-state index contributed by atoms with van der Waals surface area (Å²) in [6.45, 7) is 4.42. The van der Waals surface area contributed by atoms with Crippen LogP contribution in [0.4, 0.5) is 0 Å². The van der Waals surface area contributed by atoms with Crippen molar-refractivity contribution < 1.29 is 19.5 Å². The first-order valence-corrected chi connectivity index (χ1v) is 14.8. The van der Waals surface area contributed by atoms with Crippen molar-refractivity contribution in [2.45, 2.75) is 128 Å². The van der Waals surface area contributed by atoms with Crippen LogP contribution in [0.25, 0.3) is 0 Å². The Kier molecular flexibility index (Phi) is 20.3. The van der Waals surface area contributed by atoms with Gasteiger partial charge in [-0.25, -0.2) is 0 Å². The van der Waals surface area contributed by atoms with Crippen molar-refractivity contribution in [1.29, 1.82) is 0 Å². The molecule has 200 valence electrons. The Bertz CT molecular complexity index is 559. The smallest absolute Gasteiger partial charge is 0.316 e. The van der Waals surface area contributed by atoms with Gasteiger partial charge in [0.2, 0.25) is 11.8 Å². The summed E-state index contributed by atoms with van der Waals surface area (Å²) in [5, 5.41) is 14.9. The van der Waals surface area contributed by atoms with E-state index in [4.69, 9.17) is 0 Å². The molecular formula is C27H52N2O4S. The van der Waals surface area contributed by atoms with Gasteiger partial charge >= 0.3 is 5.97 Å². The molecule has 0 aromatic heterocycles. The summed E-state index contributed by atoms with van der Waals surface area (Å²) < 4.78 is -0.465. The van der Waals surface area contributed by atoms with Gasteiger partial charge < -0.3 is 15.7 Å². The molecule has 2 amide bonds. The highest BCUT2D eigenvalue weighted by molar-refractivity contribution is 8.00. The second kappa shape index (κ2) is 21.1. The SMILES string of the molecule is CCCCCCCCCCCCCCCCCC(C(=O)O)C(=O)NCC(C)(CC(=O)NC)SC. The molecule has 2 atom stereocenters. The first-order chi connectivity index (χ1) is 16.3. The molecule has 3 N–H and O–H groups in total. The Morgan fingerprint density at radius 3 is 1.65 bits per heavy atom. The van der Waals surface area contributed by atoms with Crippen LogP contribution in [0.15, 0.2) is 0 Å². The minimum atomic E-state index is -1.07. The number of carbonyl (C=O) groups excluding carboxylic acids is 2. The fourth-order valence-corrected chi connectivity index (χ4v) is 4.61. The minimum absolute atomic E-state index is 0.0984. The number of carboxylic acids is 1. The van der Waals surface area contributed by atoms with Gasteiger partial charge in [0.15, 0.2) is 0 Å². The van der Waals surface area contributed by atoms with Gasteiger partial charge in [0.25, 0.3) is 0 Å². The van der Waals surface area contributed by atoms with Gasteiger partial charge in [-0.1, -0.05) is 103 Å². The van der Waals surface area contributed by atoms with Crippen LogP contribution in [0.5, 0.6) is 0 Å². The molecule has 0 fully saturated rings. The van der Waals surface area contributed by atoms with Gasteiger partial charge in [-0.2, -0.15) is 11.8 Å². The lowest BCUT2D eigenvalue weighted by atomic mass is 9.98. The first kappa shape index (κ1) is 32.8. The average Bonchev–Trinajstić information content (AvgIpc) is 2.82. The lowest BCUT2D eigenvalue weighted by molar-refractivity contribution is -0.147. The highest BCUT2D eigenvalue weighted by Crippen LogP contribution is 2.25. The van der Waals surface area contributed by atoms with Crippen LogP contribution in [0.2, 0.25) is 0 Å². The van der Waals surface area contributed by atoms with E-state index >= 15 is 0 Å². The van der Waals surface area contributed by atoms with E-state index in [-0.39, 0.29) is 18.9 Å². The standard InChI is InChI=1S/C27H52N2O4S/c1-5-6-7-8-9-10-11-12-13-14-15-16-17-18-19-20-23(26(32)33)25(31)29-22-27(2,34-4)21-24(30)28-3/h23H,5-22H2,1-4H3,(H,28,30)(H,29,31)(H,32,33). The third kappa shape index (κ3) is 17.2. The number of rotatable bonds is 23. The van der Waals surface area contributed by atoms with Gasteiger partial charge in [0, 0.05) is 24.8 Å². The largest absolute Gasteiger partial charge is 0.481 e. The third-order valence-corrected chi connectivity index (χ3v) is 7.93. The van der Waals surface area contributed by atoms with Gasteiger partial charge in [0.1, 0.15) is 5.92 Å². The average molecular weight is 501 g/mol. The fraction of sp³-hybridized carbons (Fsp3) is 0.889. The molecule has 0 aliphatic heterocycles. The van der Waals surface area contributed by atoms with E-state index in [1.807, 2.05) is 13.2 Å². The number of carboxylic acid groups (broad SMARTS) is 1. The molecule has 34 heavy (non-hydrogen) atoms. The molecule has 0 aromatic carbocycles. The van der Waals surface area contributed by atoms with E-state index in [0.717, 1.165) is 19.3 Å². The summed E-state index contributed by atoms with van der Waals surface area (Å²) in [6.07, 6.45) is 21.4. The zero-order chi connectivity index (χ0) is 25.7. The molecule has 0 heterocycles. The summed E-state index contributed by atoms with van der Waals surface area (Å²) in [7, 11) is 1.58. The molecule has 2 unspecified atom stereocenters. The molecule has 0 spiro atoms. The van der Waals surface area contributed by atoms with Crippen molar-refractivity contribution in [1.82, 2.24) is 10.6 Å². The maximum absolute atomic E-state index is 12.5. The molecule has 0 aliphatic rings. The number of amides is 2. The van der Waals surface area contributed by atoms with E-state index in [9.17, 15) is 19.5 Å². The van der Waals surface area contributed by atoms with Crippen LogP contribution in [-0.2, 0) is 14.4 Å². The Balaban J connectivity index is 3.91. The monoisotopic (exact) mass is 500 g/mol. The summed E-state index contributed by atoms with van der Waals surface area (Å²) in [5.41, 5.74) is 0. The van der Waals surface area contributed by atoms with E-state index in [2.05, 4.69) is 17.6 Å². The van der Waals surface area contributed by atoms with Crippen molar-refractivity contribution in [3.63, 3.8) is 0 Å². The number of unbranched alkanes of at least 4 members (excludes halogenated alkanes) is 14. The van der Waals surface area contributed by atoms with Gasteiger partial charge in [-0.15, -0.1) is 0 Å². The second-order valence-corrected chi connectivity index (χ2v) is 11.2. The molecule has 0 bridgehead atoms. The topological polar surface area (TPSA) is 95.5 Å². The minimum Gasteiger partial charge on any atom is -0.481 e. The Hall–Kier alpha value is -1.24. The second-order valence-electron chi connectivity index (χ2n) is 9.85. The molecule has 0 radical (unpaired) electrons. The van der Waals surface area contributed by atoms with E-state index in [0.29, 0.717) is 6.42 Å². The van der Waals surface area contributed by atoms with Gasteiger partial charge in [0.05, 0.1) is 0 Å². The number of carbonyl (C=O) groups is 3. The molecule has 0 saturated carbocycles. The van der Waals surface area contributed by atoms with Crippen LogP contribution in [0, 0.1) is 5.92 Å². The first-order valence-electron chi connectivity index (χ1n) is 13.6. The highest BCUT2D eigenvalue weighted by Gasteiger charge is 2.30. The van der Waals surface area contributed by atoms with Gasteiger partial charge in [-0.3, -0.25) is 14.4 Å². The van der Waals surface area contributed by atoms with Crippen LogP contribution >= 0.6 is 11.8 Å². The summed E-state index contributed by atoms with van der Waals surface area (Å²) >= 11 is 1.49. The third-order valence-electron chi connectivity index (χ3n) is 6.65. The van der Waals surface area contributed by atoms with Crippen molar-refractivity contribution >= 4 is 29.5 Å². The molecule has 0 rings (SSSR count). The summed E-state index contributed by atoms with van der Waals surface area (Å²) in [6, 6.07) is 0.